The highest BCUT2D eigenvalue weighted by Crippen LogP contribution is 1.85. The van der Waals surface area contributed by atoms with Crippen molar-refractivity contribution in [3.63, 3.8) is 0 Å². The molecule has 0 aliphatic carbocycles. The van der Waals surface area contributed by atoms with Gasteiger partial charge in [0.25, 0.3) is 0 Å². The maximum atomic E-state index is 7.95. The van der Waals surface area contributed by atoms with E-state index in [1.807, 2.05) is 0 Å². The van der Waals surface area contributed by atoms with E-state index in [9.17, 15) is 0 Å². The molecule has 0 aromatic carbocycles. The summed E-state index contributed by atoms with van der Waals surface area (Å²) in [6.07, 6.45) is 0. The van der Waals surface area contributed by atoms with Gasteiger partial charge in [-0.15, -0.1) is 0 Å². The van der Waals surface area contributed by atoms with E-state index in [2.05, 4.69) is 31.9 Å². The van der Waals surface area contributed by atoms with Crippen LogP contribution >= 0.6 is 0 Å². The third-order valence-corrected chi connectivity index (χ3v) is 0.749. The largest absolute Gasteiger partial charge is 0.0969 e. The summed E-state index contributed by atoms with van der Waals surface area (Å²) in [6.45, 7) is 1.77. The molecule has 0 amide bonds. The lowest BCUT2D eigenvalue weighted by Crippen LogP contribution is -1.89. The molecule has 0 saturated heterocycles. The zero-order valence-electron chi connectivity index (χ0n) is 5.97. The third kappa shape index (κ3) is 6.06. The van der Waals surface area contributed by atoms with Crippen LogP contribution in [0.1, 0.15) is 6.92 Å². The standard InChI is InChI=1S/C5H6N6/c1-5(9-11-7)3-2-4-8-10-6/h5H,4H2,1H3. The van der Waals surface area contributed by atoms with E-state index < -0.39 is 0 Å². The molecule has 0 aliphatic heterocycles. The van der Waals surface area contributed by atoms with E-state index in [0.717, 1.165) is 0 Å². The van der Waals surface area contributed by atoms with Gasteiger partial charge in [-0.25, -0.2) is 0 Å². The van der Waals surface area contributed by atoms with Gasteiger partial charge in [-0.3, -0.25) is 0 Å². The lowest BCUT2D eigenvalue weighted by molar-refractivity contribution is 0.940. The van der Waals surface area contributed by atoms with Crippen LogP contribution in [0.2, 0.25) is 0 Å². The quantitative estimate of drug-likeness (QED) is 0.249. The average molecular weight is 150 g/mol. The molecule has 0 spiro atoms. The van der Waals surface area contributed by atoms with Gasteiger partial charge < -0.3 is 0 Å². The molecule has 0 heterocycles. The minimum absolute atomic E-state index is 0.113. The van der Waals surface area contributed by atoms with Crippen molar-refractivity contribution in [2.75, 3.05) is 6.54 Å². The maximum Gasteiger partial charge on any atom is 0.0960 e. The van der Waals surface area contributed by atoms with Crippen LogP contribution in [0.5, 0.6) is 0 Å². The molecule has 11 heavy (non-hydrogen) atoms. The first kappa shape index (κ1) is 9.18. The Bertz CT molecular complexity index is 258. The highest BCUT2D eigenvalue weighted by molar-refractivity contribution is 5.07. The van der Waals surface area contributed by atoms with Gasteiger partial charge in [0.05, 0.1) is 12.6 Å². The highest BCUT2D eigenvalue weighted by Gasteiger charge is 1.86. The average Bonchev–Trinajstić information content (AvgIpc) is 1.99. The van der Waals surface area contributed by atoms with Gasteiger partial charge in [0.1, 0.15) is 0 Å². The smallest absolute Gasteiger partial charge is 0.0960 e. The Morgan fingerprint density at radius 3 is 2.73 bits per heavy atom. The van der Waals surface area contributed by atoms with Gasteiger partial charge in [-0.2, -0.15) is 0 Å². The van der Waals surface area contributed by atoms with Crippen molar-refractivity contribution in [3.8, 4) is 11.8 Å². The third-order valence-electron chi connectivity index (χ3n) is 0.749. The minimum Gasteiger partial charge on any atom is -0.0969 e. The van der Waals surface area contributed by atoms with Gasteiger partial charge in [0, 0.05) is 9.82 Å². The zero-order valence-corrected chi connectivity index (χ0v) is 5.97. The molecule has 0 N–H and O–H groups in total. The fourth-order valence-corrected chi connectivity index (χ4v) is 0.367. The Hall–Kier alpha value is -1.82. The summed E-state index contributed by atoms with van der Waals surface area (Å²) < 4.78 is 0. The summed E-state index contributed by atoms with van der Waals surface area (Å²) in [7, 11) is 0. The van der Waals surface area contributed by atoms with E-state index in [4.69, 9.17) is 11.1 Å². The number of hydrogen-bond acceptors (Lipinski definition) is 2. The van der Waals surface area contributed by atoms with Gasteiger partial charge in [0.15, 0.2) is 0 Å². The van der Waals surface area contributed by atoms with E-state index in [0.29, 0.717) is 0 Å². The van der Waals surface area contributed by atoms with Crippen LogP contribution in [0.25, 0.3) is 20.9 Å². The predicted octanol–water partition coefficient (Wildman–Crippen LogP) is 2.00. The van der Waals surface area contributed by atoms with Crippen molar-refractivity contribution in [2.45, 2.75) is 13.0 Å². The SMILES string of the molecule is CC(C#CCN=[N+]=[N-])N=[N+]=[N-]. The summed E-state index contributed by atoms with van der Waals surface area (Å²) in [5.74, 6) is 5.12. The lowest BCUT2D eigenvalue weighted by atomic mass is 10.4. The summed E-state index contributed by atoms with van der Waals surface area (Å²) in [5.41, 5.74) is 15.8. The molecule has 0 bridgehead atoms. The molecule has 0 saturated carbocycles. The first-order valence-corrected chi connectivity index (χ1v) is 2.84. The number of azide groups is 2. The molecule has 0 aliphatic rings. The molecule has 1 unspecified atom stereocenters. The minimum atomic E-state index is -0.367. The first-order valence-electron chi connectivity index (χ1n) is 2.84. The number of nitrogens with zero attached hydrogens (tertiary/aromatic N) is 6. The van der Waals surface area contributed by atoms with E-state index in [1.165, 1.54) is 0 Å². The Kier molecular flexibility index (Phi) is 5.26. The monoisotopic (exact) mass is 150 g/mol. The van der Waals surface area contributed by atoms with Crippen molar-refractivity contribution in [1.29, 1.82) is 0 Å². The second kappa shape index (κ2) is 6.30. The zero-order chi connectivity index (χ0) is 8.53. The summed E-state index contributed by atoms with van der Waals surface area (Å²) in [5, 5.41) is 6.47. The fourth-order valence-electron chi connectivity index (χ4n) is 0.367. The molecular formula is C5H6N6. The molecule has 0 radical (unpaired) electrons. The normalized spacial score (nSPS) is 9.55. The Morgan fingerprint density at radius 2 is 2.18 bits per heavy atom. The van der Waals surface area contributed by atoms with E-state index in [-0.39, 0.29) is 12.6 Å². The molecule has 0 fully saturated rings. The second-order valence-electron chi connectivity index (χ2n) is 1.59. The van der Waals surface area contributed by atoms with Crippen LogP contribution < -0.4 is 0 Å². The summed E-state index contributed by atoms with van der Waals surface area (Å²) in [4.78, 5) is 5.05. The number of rotatable bonds is 2. The van der Waals surface area contributed by atoms with Crippen LogP contribution in [-0.2, 0) is 0 Å². The van der Waals surface area contributed by atoms with Crippen LogP contribution in [0.15, 0.2) is 10.2 Å². The molecule has 1 atom stereocenters. The van der Waals surface area contributed by atoms with Gasteiger partial charge in [-0.05, 0) is 18.0 Å². The van der Waals surface area contributed by atoms with Crippen molar-refractivity contribution in [1.82, 2.24) is 0 Å². The molecule has 0 aromatic heterocycles. The van der Waals surface area contributed by atoms with E-state index >= 15 is 0 Å². The van der Waals surface area contributed by atoms with Crippen LogP contribution in [0.3, 0.4) is 0 Å². The van der Waals surface area contributed by atoms with Crippen LogP contribution in [-0.4, -0.2) is 12.6 Å². The molecule has 56 valence electrons. The second-order valence-corrected chi connectivity index (χ2v) is 1.59. The fraction of sp³-hybridized carbons (Fsp3) is 0.600. The van der Waals surface area contributed by atoms with Crippen molar-refractivity contribution in [3.05, 3.63) is 20.9 Å². The van der Waals surface area contributed by atoms with Crippen LogP contribution in [0, 0.1) is 11.8 Å². The Labute approximate surface area is 63.5 Å². The van der Waals surface area contributed by atoms with Gasteiger partial charge in [0.2, 0.25) is 0 Å². The van der Waals surface area contributed by atoms with Crippen LogP contribution in [0.4, 0.5) is 0 Å². The summed E-state index contributed by atoms with van der Waals surface area (Å²) >= 11 is 0. The van der Waals surface area contributed by atoms with E-state index in [1.54, 1.807) is 6.92 Å². The summed E-state index contributed by atoms with van der Waals surface area (Å²) in [6, 6.07) is -0.367. The molecular weight excluding hydrogens is 144 g/mol. The first-order chi connectivity index (χ1) is 5.31. The molecule has 6 heteroatoms. The van der Waals surface area contributed by atoms with Gasteiger partial charge in [-0.1, -0.05) is 22.1 Å². The lowest BCUT2D eigenvalue weighted by Gasteiger charge is -1.85. The predicted molar refractivity (Wildman–Crippen MR) is 40.4 cm³/mol. The Morgan fingerprint density at radius 1 is 1.45 bits per heavy atom. The van der Waals surface area contributed by atoms with Gasteiger partial charge >= 0.3 is 0 Å². The molecule has 0 aromatic rings. The highest BCUT2D eigenvalue weighted by atomic mass is 15.1. The molecule has 0 rings (SSSR count). The topological polar surface area (TPSA) is 97.5 Å². The molecule has 6 nitrogen and oxygen atoms in total. The van der Waals surface area contributed by atoms with Crippen molar-refractivity contribution in [2.24, 2.45) is 10.2 Å². The van der Waals surface area contributed by atoms with Crippen molar-refractivity contribution >= 4 is 0 Å². The maximum absolute atomic E-state index is 7.95. The number of hydrogen-bond donors (Lipinski definition) is 0. The van der Waals surface area contributed by atoms with Crippen molar-refractivity contribution < 1.29 is 0 Å². The Balaban J connectivity index is 3.86.